The lowest BCUT2D eigenvalue weighted by Gasteiger charge is -1.99. The van der Waals surface area contributed by atoms with Crippen molar-refractivity contribution < 1.29 is 4.92 Å². The molecule has 0 heterocycles. The topological polar surface area (TPSA) is 141 Å². The quantitative estimate of drug-likeness (QED) is 0.334. The summed E-state index contributed by atoms with van der Waals surface area (Å²) in [6, 6.07) is 3.91. The van der Waals surface area contributed by atoms with Gasteiger partial charge in [0.05, 0.1) is 21.2 Å². The van der Waals surface area contributed by atoms with Gasteiger partial charge in [-0.25, -0.2) is 0 Å². The molecule has 0 aromatic heterocycles. The number of nitro groups is 1. The number of nitrogen functional groups attached to an aromatic ring is 1. The molecule has 1 aromatic rings. The summed E-state index contributed by atoms with van der Waals surface area (Å²) in [5.74, 6) is 0. The number of nitrogens with zero attached hydrogens (tertiary/aromatic N) is 4. The van der Waals surface area contributed by atoms with Crippen molar-refractivity contribution in [1.82, 2.24) is 0 Å². The van der Waals surface area contributed by atoms with Gasteiger partial charge >= 0.3 is 0 Å². The molecule has 0 radical (unpaired) electrons. The first-order chi connectivity index (χ1) is 7.06. The average molecular weight is 226 g/mol. The van der Waals surface area contributed by atoms with E-state index < -0.39 is 4.92 Å². The van der Waals surface area contributed by atoms with Gasteiger partial charge in [0.15, 0.2) is 0 Å². The average Bonchev–Trinajstić information content (AvgIpc) is 2.24. The molecule has 0 fully saturated rings. The predicted octanol–water partition coefficient (Wildman–Crippen LogP) is 1.73. The lowest BCUT2D eigenvalue weighted by atomic mass is 10.2. The SMILES string of the molecule is N#Cc1cc([N+](=O)[O-])cc(Cl)c1N.N#N. The molecular formula is C7H4ClN5O2. The van der Waals surface area contributed by atoms with Crippen molar-refractivity contribution in [1.29, 1.82) is 16.0 Å². The van der Waals surface area contributed by atoms with Crippen LogP contribution in [0.4, 0.5) is 11.4 Å². The summed E-state index contributed by atoms with van der Waals surface area (Å²) in [5, 5.41) is 30.9. The van der Waals surface area contributed by atoms with Crippen LogP contribution in [0.1, 0.15) is 5.56 Å². The Hall–Kier alpha value is -2.38. The van der Waals surface area contributed by atoms with E-state index in [2.05, 4.69) is 0 Å². The molecule has 76 valence electrons. The first-order valence-corrected chi connectivity index (χ1v) is 3.77. The van der Waals surface area contributed by atoms with Crippen molar-refractivity contribution in [2.24, 2.45) is 0 Å². The first-order valence-electron chi connectivity index (χ1n) is 3.39. The van der Waals surface area contributed by atoms with Crippen LogP contribution in [0, 0.1) is 32.2 Å². The van der Waals surface area contributed by atoms with Crippen LogP contribution in [0.25, 0.3) is 0 Å². The highest BCUT2D eigenvalue weighted by molar-refractivity contribution is 6.33. The molecule has 1 rings (SSSR count). The van der Waals surface area contributed by atoms with Crippen LogP contribution in [0.3, 0.4) is 0 Å². The maximum absolute atomic E-state index is 10.3. The molecule has 0 unspecified atom stereocenters. The summed E-state index contributed by atoms with van der Waals surface area (Å²) in [6.45, 7) is 0. The number of nitro benzene ring substituents is 1. The lowest BCUT2D eigenvalue weighted by molar-refractivity contribution is -0.384. The maximum atomic E-state index is 10.3. The third-order valence-electron chi connectivity index (χ3n) is 1.45. The molecule has 15 heavy (non-hydrogen) atoms. The van der Waals surface area contributed by atoms with E-state index in [1.807, 2.05) is 0 Å². The molecule has 0 spiro atoms. The highest BCUT2D eigenvalue weighted by Gasteiger charge is 2.12. The Morgan fingerprint density at radius 2 is 2.00 bits per heavy atom. The summed E-state index contributed by atoms with van der Waals surface area (Å²) in [7, 11) is 0. The van der Waals surface area contributed by atoms with E-state index in [0.717, 1.165) is 12.1 Å². The van der Waals surface area contributed by atoms with Gasteiger partial charge in [-0.2, -0.15) is 5.26 Å². The van der Waals surface area contributed by atoms with Gasteiger partial charge < -0.3 is 5.73 Å². The van der Waals surface area contributed by atoms with Gasteiger partial charge in [0.1, 0.15) is 6.07 Å². The molecule has 0 amide bonds. The zero-order valence-corrected chi connectivity index (χ0v) is 7.97. The second kappa shape index (κ2) is 5.37. The van der Waals surface area contributed by atoms with E-state index >= 15 is 0 Å². The predicted molar refractivity (Wildman–Crippen MR) is 50.7 cm³/mol. The number of hydrogen-bond donors (Lipinski definition) is 1. The highest BCUT2D eigenvalue weighted by atomic mass is 35.5. The number of hydrogen-bond acceptors (Lipinski definition) is 6. The minimum Gasteiger partial charge on any atom is -0.396 e. The number of nitriles is 1. The third-order valence-corrected chi connectivity index (χ3v) is 1.76. The smallest absolute Gasteiger partial charge is 0.272 e. The molecule has 7 nitrogen and oxygen atoms in total. The van der Waals surface area contributed by atoms with Gasteiger partial charge in [0, 0.05) is 22.9 Å². The second-order valence-corrected chi connectivity index (χ2v) is 2.66. The fraction of sp³-hybridized carbons (Fsp3) is 0. The Bertz CT molecular complexity index is 451. The number of nitrogens with two attached hydrogens (primary N) is 1. The molecule has 0 aliphatic carbocycles. The number of rotatable bonds is 1. The van der Waals surface area contributed by atoms with Crippen molar-refractivity contribution in [2.45, 2.75) is 0 Å². The molecule has 0 saturated carbocycles. The van der Waals surface area contributed by atoms with Gasteiger partial charge in [-0.05, 0) is 0 Å². The van der Waals surface area contributed by atoms with E-state index in [-0.39, 0.29) is 22.0 Å². The van der Waals surface area contributed by atoms with Crippen LogP contribution < -0.4 is 5.73 Å². The van der Waals surface area contributed by atoms with Crippen molar-refractivity contribution >= 4 is 23.0 Å². The minimum absolute atomic E-state index is 0.0131. The minimum atomic E-state index is -0.633. The summed E-state index contributed by atoms with van der Waals surface area (Å²) in [5.41, 5.74) is 5.22. The van der Waals surface area contributed by atoms with E-state index in [1.54, 1.807) is 6.07 Å². The van der Waals surface area contributed by atoms with Gasteiger partial charge in [0.25, 0.3) is 5.69 Å². The molecule has 0 aliphatic rings. The zero-order chi connectivity index (χ0) is 12.0. The molecule has 0 atom stereocenters. The molecule has 0 saturated heterocycles. The Kier molecular flexibility index (Phi) is 4.52. The maximum Gasteiger partial charge on any atom is 0.272 e. The van der Waals surface area contributed by atoms with Crippen LogP contribution in [0.5, 0.6) is 0 Å². The summed E-state index contributed by atoms with van der Waals surface area (Å²) < 4.78 is 0. The summed E-state index contributed by atoms with van der Waals surface area (Å²) in [6.07, 6.45) is 0. The fourth-order valence-corrected chi connectivity index (χ4v) is 1.02. The summed E-state index contributed by atoms with van der Waals surface area (Å²) >= 11 is 5.56. The molecule has 0 aliphatic heterocycles. The van der Waals surface area contributed by atoms with Gasteiger partial charge in [-0.1, -0.05) is 11.6 Å². The van der Waals surface area contributed by atoms with E-state index in [0.29, 0.717) is 0 Å². The van der Waals surface area contributed by atoms with Crippen LogP contribution in [0.2, 0.25) is 5.02 Å². The Morgan fingerprint density at radius 1 is 1.47 bits per heavy atom. The number of benzene rings is 1. The molecule has 1 aromatic carbocycles. The van der Waals surface area contributed by atoms with Crippen LogP contribution in [-0.2, 0) is 0 Å². The van der Waals surface area contributed by atoms with Gasteiger partial charge in [-0.3, -0.25) is 10.1 Å². The number of halogens is 1. The highest BCUT2D eigenvalue weighted by Crippen LogP contribution is 2.27. The number of non-ortho nitro benzene ring substituents is 1. The molecular weight excluding hydrogens is 222 g/mol. The molecule has 8 heteroatoms. The fourth-order valence-electron chi connectivity index (χ4n) is 0.801. The normalized spacial score (nSPS) is 8.13. The molecule has 0 bridgehead atoms. The molecule has 2 N–H and O–H groups in total. The second-order valence-electron chi connectivity index (χ2n) is 2.26. The third kappa shape index (κ3) is 2.79. The zero-order valence-electron chi connectivity index (χ0n) is 7.22. The van der Waals surface area contributed by atoms with Gasteiger partial charge in [0.2, 0.25) is 0 Å². The van der Waals surface area contributed by atoms with Crippen molar-refractivity contribution in [3.05, 3.63) is 32.8 Å². The largest absolute Gasteiger partial charge is 0.396 e. The van der Waals surface area contributed by atoms with Crippen LogP contribution in [0.15, 0.2) is 12.1 Å². The number of anilines is 1. The summed E-state index contributed by atoms with van der Waals surface area (Å²) in [4.78, 5) is 9.70. The lowest BCUT2D eigenvalue weighted by Crippen LogP contribution is -1.95. The monoisotopic (exact) mass is 225 g/mol. The first kappa shape index (κ1) is 12.6. The van der Waals surface area contributed by atoms with Crippen molar-refractivity contribution in [3.8, 4) is 6.07 Å². The van der Waals surface area contributed by atoms with E-state index in [9.17, 15) is 10.1 Å². The van der Waals surface area contributed by atoms with Crippen molar-refractivity contribution in [3.63, 3.8) is 0 Å². The van der Waals surface area contributed by atoms with Crippen LogP contribution in [-0.4, -0.2) is 4.92 Å². The Balaban J connectivity index is 0.000000921. The van der Waals surface area contributed by atoms with E-state index in [1.165, 1.54) is 0 Å². The standard InChI is InChI=1S/C7H4ClN3O2.N2/c8-6-2-5(11(12)13)1-4(3-9)7(6)10;1-2/h1-2H,10H2;. The van der Waals surface area contributed by atoms with E-state index in [4.69, 9.17) is 33.4 Å². The van der Waals surface area contributed by atoms with Crippen molar-refractivity contribution in [2.75, 3.05) is 5.73 Å². The Morgan fingerprint density at radius 3 is 2.40 bits per heavy atom. The Labute approximate surface area is 89.2 Å². The van der Waals surface area contributed by atoms with Crippen LogP contribution >= 0.6 is 11.6 Å². The van der Waals surface area contributed by atoms with Gasteiger partial charge in [-0.15, -0.1) is 0 Å².